The van der Waals surface area contributed by atoms with Crippen LogP contribution in [0.1, 0.15) is 36.5 Å². The summed E-state index contributed by atoms with van der Waals surface area (Å²) in [6.45, 7) is 4.15. The highest BCUT2D eigenvalue weighted by Crippen LogP contribution is 2.27. The van der Waals surface area contributed by atoms with E-state index < -0.39 is 0 Å². The summed E-state index contributed by atoms with van der Waals surface area (Å²) in [6, 6.07) is 13.8. The fraction of sp³-hybridized carbons (Fsp3) is 0.364. The van der Waals surface area contributed by atoms with Gasteiger partial charge in [-0.1, -0.05) is 18.2 Å². The number of anilines is 1. The molecule has 1 amide bonds. The van der Waals surface area contributed by atoms with Crippen molar-refractivity contribution in [2.24, 2.45) is 0 Å². The number of nitrogens with one attached hydrogen (secondary N) is 1. The molecule has 0 aliphatic carbocycles. The predicted octanol–water partition coefficient (Wildman–Crippen LogP) is 3.84. The van der Waals surface area contributed by atoms with Crippen LogP contribution in [0.15, 0.2) is 42.5 Å². The van der Waals surface area contributed by atoms with E-state index in [2.05, 4.69) is 10.2 Å². The first-order valence-electron chi connectivity index (χ1n) is 9.90. The summed E-state index contributed by atoms with van der Waals surface area (Å²) >= 11 is 0. The number of amides is 1. The van der Waals surface area contributed by atoms with Crippen LogP contribution in [-0.4, -0.2) is 46.8 Å². The quantitative estimate of drug-likeness (QED) is 0.706. The number of aromatic nitrogens is 2. The Hall–Kier alpha value is -2.86. The Morgan fingerprint density at radius 1 is 1.21 bits per heavy atom. The number of hydrogen-bond donors (Lipinski definition) is 2. The molecule has 6 heteroatoms. The molecular weight excluding hydrogens is 352 g/mol. The van der Waals surface area contributed by atoms with Crippen LogP contribution < -0.4 is 5.73 Å². The molecule has 1 fully saturated rings. The number of ether oxygens (including phenoxy) is 1. The first-order valence-corrected chi connectivity index (χ1v) is 9.90. The van der Waals surface area contributed by atoms with Gasteiger partial charge in [0, 0.05) is 30.6 Å². The lowest BCUT2D eigenvalue weighted by Crippen LogP contribution is -2.39. The molecule has 2 heterocycles. The summed E-state index contributed by atoms with van der Waals surface area (Å²) in [5.41, 5.74) is 9.61. The molecule has 4 rings (SSSR count). The van der Waals surface area contributed by atoms with E-state index in [0.717, 1.165) is 41.5 Å². The molecule has 1 saturated heterocycles. The van der Waals surface area contributed by atoms with E-state index in [4.69, 9.17) is 10.5 Å². The molecule has 0 bridgehead atoms. The monoisotopic (exact) mass is 378 g/mol. The first kappa shape index (κ1) is 18.5. The molecule has 0 unspecified atom stereocenters. The predicted molar refractivity (Wildman–Crippen MR) is 111 cm³/mol. The zero-order valence-corrected chi connectivity index (χ0v) is 16.1. The Labute approximate surface area is 164 Å². The highest BCUT2D eigenvalue weighted by molar-refractivity contribution is 5.95. The van der Waals surface area contributed by atoms with Gasteiger partial charge in [-0.2, -0.15) is 5.10 Å². The van der Waals surface area contributed by atoms with Crippen LogP contribution in [0.4, 0.5) is 5.82 Å². The number of carbonyl (C=O) groups excluding carboxylic acids is 1. The third-order valence-corrected chi connectivity index (χ3v) is 5.42. The van der Waals surface area contributed by atoms with Crippen LogP contribution in [0.2, 0.25) is 0 Å². The van der Waals surface area contributed by atoms with Crippen LogP contribution in [0.3, 0.4) is 0 Å². The Balaban J connectivity index is 1.50. The average Bonchev–Trinajstić information content (AvgIpc) is 3.12. The molecule has 6 nitrogen and oxygen atoms in total. The number of rotatable bonds is 5. The maximum Gasteiger partial charge on any atom is 0.253 e. The lowest BCUT2D eigenvalue weighted by molar-refractivity contribution is -0.00311. The Kier molecular flexibility index (Phi) is 5.30. The molecule has 3 aromatic rings. The van der Waals surface area contributed by atoms with Crippen LogP contribution >= 0.6 is 0 Å². The van der Waals surface area contributed by atoms with Gasteiger partial charge in [-0.25, -0.2) is 0 Å². The van der Waals surface area contributed by atoms with Gasteiger partial charge < -0.3 is 15.4 Å². The van der Waals surface area contributed by atoms with Gasteiger partial charge in [0.2, 0.25) is 0 Å². The smallest absolute Gasteiger partial charge is 0.253 e. The van der Waals surface area contributed by atoms with Crippen LogP contribution in [0, 0.1) is 0 Å². The van der Waals surface area contributed by atoms with Crippen LogP contribution in [-0.2, 0) is 4.74 Å². The van der Waals surface area contributed by atoms with Crippen molar-refractivity contribution in [3.63, 3.8) is 0 Å². The van der Waals surface area contributed by atoms with E-state index in [1.165, 1.54) is 6.42 Å². The second kappa shape index (κ2) is 8.02. The zero-order valence-electron chi connectivity index (χ0n) is 16.1. The van der Waals surface area contributed by atoms with E-state index >= 15 is 0 Å². The van der Waals surface area contributed by atoms with Gasteiger partial charge in [0.05, 0.1) is 11.6 Å². The second-order valence-electron chi connectivity index (χ2n) is 7.28. The van der Waals surface area contributed by atoms with Gasteiger partial charge in [-0.05, 0) is 61.6 Å². The van der Waals surface area contributed by atoms with E-state index in [1.54, 1.807) is 0 Å². The number of aromatic amines is 1. The molecule has 3 N–H and O–H groups in total. The second-order valence-corrected chi connectivity index (χ2v) is 7.28. The number of benzene rings is 2. The van der Waals surface area contributed by atoms with Crippen molar-refractivity contribution in [3.8, 4) is 11.1 Å². The highest BCUT2D eigenvalue weighted by atomic mass is 16.5. The van der Waals surface area contributed by atoms with Crippen molar-refractivity contribution in [3.05, 3.63) is 48.0 Å². The van der Waals surface area contributed by atoms with E-state index in [9.17, 15) is 4.79 Å². The average molecular weight is 378 g/mol. The van der Waals surface area contributed by atoms with Gasteiger partial charge in [0.15, 0.2) is 5.82 Å². The SMILES string of the molecule is CCN(C[C@H]1CCCCO1)C(=O)c1ccc(-c2ccc3[nH]nc(N)c3c2)cc1. The molecule has 1 aliphatic heterocycles. The number of fused-ring (bicyclic) bond motifs is 1. The van der Waals surface area contributed by atoms with Gasteiger partial charge in [0.1, 0.15) is 0 Å². The zero-order chi connectivity index (χ0) is 19.5. The molecule has 146 valence electrons. The Morgan fingerprint density at radius 2 is 2.00 bits per heavy atom. The summed E-state index contributed by atoms with van der Waals surface area (Å²) in [7, 11) is 0. The molecule has 1 atom stereocenters. The summed E-state index contributed by atoms with van der Waals surface area (Å²) in [6.07, 6.45) is 3.48. The molecule has 1 aromatic heterocycles. The lowest BCUT2D eigenvalue weighted by atomic mass is 10.0. The third kappa shape index (κ3) is 3.73. The molecule has 28 heavy (non-hydrogen) atoms. The largest absolute Gasteiger partial charge is 0.382 e. The fourth-order valence-corrected chi connectivity index (χ4v) is 3.75. The first-order chi connectivity index (χ1) is 13.7. The van der Waals surface area contributed by atoms with Crippen molar-refractivity contribution >= 4 is 22.6 Å². The summed E-state index contributed by atoms with van der Waals surface area (Å²) in [5.74, 6) is 0.546. The molecule has 0 saturated carbocycles. The lowest BCUT2D eigenvalue weighted by Gasteiger charge is -2.29. The van der Waals surface area contributed by atoms with Gasteiger partial charge in [-0.15, -0.1) is 0 Å². The van der Waals surface area contributed by atoms with E-state index in [0.29, 0.717) is 24.5 Å². The number of nitrogens with two attached hydrogens (primary N) is 1. The van der Waals surface area contributed by atoms with Crippen molar-refractivity contribution in [2.45, 2.75) is 32.3 Å². The summed E-state index contributed by atoms with van der Waals surface area (Å²) in [4.78, 5) is 14.8. The number of hydrogen-bond acceptors (Lipinski definition) is 4. The maximum absolute atomic E-state index is 12.9. The molecule has 0 radical (unpaired) electrons. The van der Waals surface area contributed by atoms with Crippen molar-refractivity contribution < 1.29 is 9.53 Å². The minimum absolute atomic E-state index is 0.0535. The van der Waals surface area contributed by atoms with Gasteiger partial charge in [-0.3, -0.25) is 9.89 Å². The number of nitrogen functional groups attached to an aromatic ring is 1. The van der Waals surface area contributed by atoms with Crippen molar-refractivity contribution in [2.75, 3.05) is 25.4 Å². The number of carbonyl (C=O) groups is 1. The minimum atomic E-state index is 0.0535. The van der Waals surface area contributed by atoms with Crippen LogP contribution in [0.25, 0.3) is 22.0 Å². The van der Waals surface area contributed by atoms with Crippen molar-refractivity contribution in [1.29, 1.82) is 0 Å². The van der Waals surface area contributed by atoms with Crippen molar-refractivity contribution in [1.82, 2.24) is 15.1 Å². The number of H-pyrrole nitrogens is 1. The molecule has 2 aromatic carbocycles. The van der Waals surface area contributed by atoms with Gasteiger partial charge in [0.25, 0.3) is 5.91 Å². The fourth-order valence-electron chi connectivity index (χ4n) is 3.75. The topological polar surface area (TPSA) is 84.2 Å². The summed E-state index contributed by atoms with van der Waals surface area (Å²) in [5, 5.41) is 7.85. The third-order valence-electron chi connectivity index (χ3n) is 5.42. The van der Waals surface area contributed by atoms with E-state index in [1.807, 2.05) is 54.3 Å². The standard InChI is InChI=1S/C22H26N4O2/c1-2-26(14-18-5-3-4-12-28-18)22(27)16-8-6-15(7-9-16)17-10-11-20-19(13-17)21(23)25-24-20/h6-11,13,18H,2-5,12,14H2,1H3,(H3,23,24,25)/t18-/m1/s1. The van der Waals surface area contributed by atoms with Crippen LogP contribution in [0.5, 0.6) is 0 Å². The van der Waals surface area contributed by atoms with Gasteiger partial charge >= 0.3 is 0 Å². The highest BCUT2D eigenvalue weighted by Gasteiger charge is 2.21. The molecule has 1 aliphatic rings. The normalized spacial score (nSPS) is 17.0. The van der Waals surface area contributed by atoms with E-state index in [-0.39, 0.29) is 12.0 Å². The summed E-state index contributed by atoms with van der Waals surface area (Å²) < 4.78 is 5.80. The maximum atomic E-state index is 12.9. The molecule has 0 spiro atoms. The number of nitrogens with zero attached hydrogens (tertiary/aromatic N) is 2. The number of likely N-dealkylation sites (N-methyl/N-ethyl adjacent to an activating group) is 1. The Bertz CT molecular complexity index is 958. The Morgan fingerprint density at radius 3 is 2.71 bits per heavy atom. The molecular formula is C22H26N4O2. The minimum Gasteiger partial charge on any atom is -0.382 e.